The van der Waals surface area contributed by atoms with Gasteiger partial charge in [-0.3, -0.25) is 9.78 Å². The van der Waals surface area contributed by atoms with E-state index in [2.05, 4.69) is 9.97 Å². The molecule has 2 aromatic rings. The highest BCUT2D eigenvalue weighted by Gasteiger charge is 2.22. The first-order chi connectivity index (χ1) is 11.8. The molecule has 0 aromatic carbocycles. The topological polar surface area (TPSA) is 73.8 Å². The highest BCUT2D eigenvalue weighted by atomic mass is 16.5. The lowest BCUT2D eigenvalue weighted by atomic mass is 10.3. The van der Waals surface area contributed by atoms with Crippen molar-refractivity contribution in [2.45, 2.75) is 13.2 Å². The summed E-state index contributed by atoms with van der Waals surface area (Å²) >= 11 is 0. The number of carbonyl (C=O) groups is 1. The average molecular weight is 329 g/mol. The molecule has 24 heavy (non-hydrogen) atoms. The molecule has 0 unspecified atom stereocenters. The van der Waals surface area contributed by atoms with E-state index in [-0.39, 0.29) is 12.5 Å². The van der Waals surface area contributed by atoms with Crippen molar-refractivity contribution in [2.24, 2.45) is 0 Å². The van der Waals surface area contributed by atoms with Crippen molar-refractivity contribution in [1.29, 1.82) is 0 Å². The minimum Gasteiger partial charge on any atom is -0.482 e. The number of rotatable bonds is 6. The van der Waals surface area contributed by atoms with E-state index in [1.54, 1.807) is 36.5 Å². The van der Waals surface area contributed by atoms with E-state index in [1.807, 2.05) is 12.1 Å². The summed E-state index contributed by atoms with van der Waals surface area (Å²) in [6, 6.07) is 7.32. The van der Waals surface area contributed by atoms with Gasteiger partial charge in [-0.25, -0.2) is 4.98 Å². The summed E-state index contributed by atoms with van der Waals surface area (Å²) in [6.45, 7) is 1.74. The van der Waals surface area contributed by atoms with Crippen LogP contribution in [0.3, 0.4) is 0 Å². The fourth-order valence-electron chi connectivity index (χ4n) is 2.34. The van der Waals surface area contributed by atoms with Crippen LogP contribution < -0.4 is 9.47 Å². The molecule has 1 aliphatic heterocycles. The molecule has 1 amide bonds. The van der Waals surface area contributed by atoms with E-state index in [0.29, 0.717) is 43.6 Å². The van der Waals surface area contributed by atoms with Crippen molar-refractivity contribution in [1.82, 2.24) is 14.9 Å². The first kappa shape index (κ1) is 16.2. The lowest BCUT2D eigenvalue weighted by Crippen LogP contribution is -2.35. The Morgan fingerprint density at radius 3 is 3.04 bits per heavy atom. The molecule has 0 radical (unpaired) electrons. The second-order valence-electron chi connectivity index (χ2n) is 5.34. The van der Waals surface area contributed by atoms with Gasteiger partial charge in [0.2, 0.25) is 5.88 Å². The Morgan fingerprint density at radius 1 is 1.33 bits per heavy atom. The summed E-state index contributed by atoms with van der Waals surface area (Å²) in [7, 11) is 1.61. The Hall–Kier alpha value is -2.67. The molecule has 3 rings (SSSR count). The monoisotopic (exact) mass is 329 g/mol. The van der Waals surface area contributed by atoms with Crippen LogP contribution in [0.5, 0.6) is 11.6 Å². The quantitative estimate of drug-likeness (QED) is 0.798. The van der Waals surface area contributed by atoms with Gasteiger partial charge in [0.05, 0.1) is 13.2 Å². The lowest BCUT2D eigenvalue weighted by Gasteiger charge is -2.18. The fourth-order valence-corrected chi connectivity index (χ4v) is 2.34. The van der Waals surface area contributed by atoms with Crippen LogP contribution in [0.1, 0.15) is 11.3 Å². The predicted octanol–water partition coefficient (Wildman–Crippen LogP) is 1.42. The summed E-state index contributed by atoms with van der Waals surface area (Å²) < 4.78 is 16.3. The van der Waals surface area contributed by atoms with Gasteiger partial charge in [0, 0.05) is 37.7 Å². The third-order valence-corrected chi connectivity index (χ3v) is 3.63. The van der Waals surface area contributed by atoms with Crippen LogP contribution in [-0.4, -0.2) is 47.6 Å². The van der Waals surface area contributed by atoms with Gasteiger partial charge in [-0.1, -0.05) is 6.07 Å². The molecular formula is C17H19N3O4. The maximum atomic E-state index is 12.1. The van der Waals surface area contributed by atoms with Crippen LogP contribution >= 0.6 is 0 Å². The van der Waals surface area contributed by atoms with Crippen LogP contribution in [0.25, 0.3) is 0 Å². The van der Waals surface area contributed by atoms with Gasteiger partial charge in [0.25, 0.3) is 5.91 Å². The molecule has 0 aliphatic carbocycles. The van der Waals surface area contributed by atoms with E-state index < -0.39 is 0 Å². The number of methoxy groups -OCH3 is 1. The second kappa shape index (κ2) is 7.74. The Morgan fingerprint density at radius 2 is 2.25 bits per heavy atom. The highest BCUT2D eigenvalue weighted by molar-refractivity contribution is 5.78. The Labute approximate surface area is 140 Å². The zero-order chi connectivity index (χ0) is 16.8. The number of fused-ring (bicyclic) bond motifs is 1. The van der Waals surface area contributed by atoms with Crippen molar-refractivity contribution in [3.8, 4) is 11.6 Å². The maximum Gasteiger partial charge on any atom is 0.260 e. The summed E-state index contributed by atoms with van der Waals surface area (Å²) in [6.07, 6.45) is 3.46. The van der Waals surface area contributed by atoms with Gasteiger partial charge in [-0.15, -0.1) is 0 Å². The standard InChI is InChI=1S/C17H19N3O4/c1-22-8-7-20-10-14-15(23-12-17(20)21)4-5-16(19-14)24-11-13-3-2-6-18-9-13/h2-6,9H,7-8,10-12H2,1H3. The number of aromatic nitrogens is 2. The van der Waals surface area contributed by atoms with Crippen molar-refractivity contribution in [3.63, 3.8) is 0 Å². The van der Waals surface area contributed by atoms with E-state index in [9.17, 15) is 4.79 Å². The zero-order valence-corrected chi connectivity index (χ0v) is 13.5. The van der Waals surface area contributed by atoms with Crippen LogP contribution in [0.2, 0.25) is 0 Å². The third kappa shape index (κ3) is 3.99. The predicted molar refractivity (Wildman–Crippen MR) is 85.6 cm³/mol. The molecule has 0 N–H and O–H groups in total. The number of carbonyl (C=O) groups excluding carboxylic acids is 1. The number of hydrogen-bond acceptors (Lipinski definition) is 6. The fraction of sp³-hybridized carbons (Fsp3) is 0.353. The van der Waals surface area contributed by atoms with E-state index in [1.165, 1.54) is 0 Å². The van der Waals surface area contributed by atoms with Gasteiger partial charge in [-0.05, 0) is 12.1 Å². The van der Waals surface area contributed by atoms with Crippen LogP contribution in [0.15, 0.2) is 36.7 Å². The van der Waals surface area contributed by atoms with Gasteiger partial charge >= 0.3 is 0 Å². The molecule has 0 saturated heterocycles. The minimum atomic E-state index is -0.0807. The molecule has 7 nitrogen and oxygen atoms in total. The number of pyridine rings is 2. The molecular weight excluding hydrogens is 310 g/mol. The number of nitrogens with zero attached hydrogens (tertiary/aromatic N) is 3. The Bertz CT molecular complexity index is 693. The number of amides is 1. The first-order valence-corrected chi connectivity index (χ1v) is 7.67. The van der Waals surface area contributed by atoms with Crippen molar-refractivity contribution in [3.05, 3.63) is 47.9 Å². The van der Waals surface area contributed by atoms with Crippen LogP contribution in [0, 0.1) is 0 Å². The first-order valence-electron chi connectivity index (χ1n) is 7.67. The molecule has 0 atom stereocenters. The average Bonchev–Trinajstić information content (AvgIpc) is 2.78. The van der Waals surface area contributed by atoms with E-state index >= 15 is 0 Å². The number of hydrogen-bond donors (Lipinski definition) is 0. The Kier molecular flexibility index (Phi) is 5.22. The molecule has 7 heteroatoms. The number of ether oxygens (including phenoxy) is 3. The van der Waals surface area contributed by atoms with E-state index in [4.69, 9.17) is 14.2 Å². The minimum absolute atomic E-state index is 0.00822. The smallest absolute Gasteiger partial charge is 0.260 e. The summed E-state index contributed by atoms with van der Waals surface area (Å²) in [5, 5.41) is 0. The van der Waals surface area contributed by atoms with E-state index in [0.717, 1.165) is 5.56 Å². The molecule has 0 fully saturated rings. The highest BCUT2D eigenvalue weighted by Crippen LogP contribution is 2.24. The molecule has 0 bridgehead atoms. The largest absolute Gasteiger partial charge is 0.482 e. The van der Waals surface area contributed by atoms with Gasteiger partial charge in [0.15, 0.2) is 6.61 Å². The lowest BCUT2D eigenvalue weighted by molar-refractivity contribution is -0.133. The van der Waals surface area contributed by atoms with Crippen molar-refractivity contribution >= 4 is 5.91 Å². The molecule has 126 valence electrons. The van der Waals surface area contributed by atoms with Gasteiger partial charge in [0.1, 0.15) is 18.1 Å². The van der Waals surface area contributed by atoms with Gasteiger partial charge in [-0.2, -0.15) is 0 Å². The van der Waals surface area contributed by atoms with Crippen LogP contribution in [-0.2, 0) is 22.7 Å². The van der Waals surface area contributed by atoms with Crippen molar-refractivity contribution < 1.29 is 19.0 Å². The molecule has 0 saturated carbocycles. The second-order valence-corrected chi connectivity index (χ2v) is 5.34. The summed E-state index contributed by atoms with van der Waals surface area (Å²) in [5.41, 5.74) is 1.64. The Balaban J connectivity index is 1.71. The summed E-state index contributed by atoms with van der Waals surface area (Å²) in [4.78, 5) is 22.3. The molecule has 0 spiro atoms. The SMILES string of the molecule is COCCN1Cc2nc(OCc3cccnc3)ccc2OCC1=O. The third-order valence-electron chi connectivity index (χ3n) is 3.63. The van der Waals surface area contributed by atoms with Crippen molar-refractivity contribution in [2.75, 3.05) is 26.9 Å². The summed E-state index contributed by atoms with van der Waals surface area (Å²) in [5.74, 6) is 1.02. The normalized spacial score (nSPS) is 13.9. The molecule has 3 heterocycles. The van der Waals surface area contributed by atoms with Crippen LogP contribution in [0.4, 0.5) is 0 Å². The molecule has 2 aromatic heterocycles. The maximum absolute atomic E-state index is 12.1. The van der Waals surface area contributed by atoms with Gasteiger partial charge < -0.3 is 19.1 Å². The zero-order valence-electron chi connectivity index (χ0n) is 13.5. The molecule has 1 aliphatic rings.